The van der Waals surface area contributed by atoms with Crippen molar-refractivity contribution in [1.82, 2.24) is 4.90 Å². The van der Waals surface area contributed by atoms with E-state index in [9.17, 15) is 4.79 Å². The predicted molar refractivity (Wildman–Crippen MR) is 74.1 cm³/mol. The highest BCUT2D eigenvalue weighted by Gasteiger charge is 2.46. The fourth-order valence-electron chi connectivity index (χ4n) is 3.24. The SMILES string of the molecule is CCCCN1CCC2(CC1)OC(=O)c1ccccc12. The van der Waals surface area contributed by atoms with Crippen molar-refractivity contribution >= 4 is 5.97 Å². The van der Waals surface area contributed by atoms with Crippen LogP contribution in [0.4, 0.5) is 0 Å². The van der Waals surface area contributed by atoms with Crippen LogP contribution in [0, 0.1) is 0 Å². The van der Waals surface area contributed by atoms with E-state index in [4.69, 9.17) is 4.74 Å². The zero-order chi connectivity index (χ0) is 13.3. The molecule has 3 rings (SSSR count). The topological polar surface area (TPSA) is 29.5 Å². The average Bonchev–Trinajstić information content (AvgIpc) is 2.72. The Bertz CT molecular complexity index is 475. The van der Waals surface area contributed by atoms with Crippen LogP contribution in [0.1, 0.15) is 48.5 Å². The molecule has 0 N–H and O–H groups in total. The summed E-state index contributed by atoms with van der Waals surface area (Å²) in [6.07, 6.45) is 4.35. The van der Waals surface area contributed by atoms with Gasteiger partial charge in [-0.2, -0.15) is 0 Å². The monoisotopic (exact) mass is 259 g/mol. The molecule has 1 spiro atoms. The van der Waals surface area contributed by atoms with E-state index >= 15 is 0 Å². The normalized spacial score (nSPS) is 21.4. The first-order valence-electron chi connectivity index (χ1n) is 7.30. The van der Waals surface area contributed by atoms with Gasteiger partial charge in [-0.3, -0.25) is 0 Å². The maximum atomic E-state index is 12.0. The Kier molecular flexibility index (Phi) is 3.31. The van der Waals surface area contributed by atoms with Gasteiger partial charge in [0, 0.05) is 31.5 Å². The Morgan fingerprint density at radius 2 is 2.00 bits per heavy atom. The number of benzene rings is 1. The van der Waals surface area contributed by atoms with Crippen molar-refractivity contribution < 1.29 is 9.53 Å². The van der Waals surface area contributed by atoms with Crippen LogP contribution in [0.5, 0.6) is 0 Å². The Morgan fingerprint density at radius 1 is 1.26 bits per heavy atom. The predicted octanol–water partition coefficient (Wildman–Crippen LogP) is 2.95. The van der Waals surface area contributed by atoms with Gasteiger partial charge in [-0.1, -0.05) is 31.5 Å². The summed E-state index contributed by atoms with van der Waals surface area (Å²) in [7, 11) is 0. The number of likely N-dealkylation sites (tertiary alicyclic amines) is 1. The minimum absolute atomic E-state index is 0.141. The van der Waals surface area contributed by atoms with Gasteiger partial charge in [0.05, 0.1) is 5.56 Å². The van der Waals surface area contributed by atoms with Crippen LogP contribution < -0.4 is 0 Å². The fraction of sp³-hybridized carbons (Fsp3) is 0.562. The highest BCUT2D eigenvalue weighted by molar-refractivity contribution is 5.94. The van der Waals surface area contributed by atoms with Crippen LogP contribution in [-0.4, -0.2) is 30.5 Å². The number of hydrogen-bond acceptors (Lipinski definition) is 3. The quantitative estimate of drug-likeness (QED) is 0.782. The fourth-order valence-corrected chi connectivity index (χ4v) is 3.24. The molecule has 2 aliphatic heterocycles. The third-order valence-corrected chi connectivity index (χ3v) is 4.42. The number of nitrogens with zero attached hydrogens (tertiary/aromatic N) is 1. The van der Waals surface area contributed by atoms with E-state index < -0.39 is 0 Å². The lowest BCUT2D eigenvalue weighted by Crippen LogP contribution is -2.43. The molecule has 0 unspecified atom stereocenters. The van der Waals surface area contributed by atoms with E-state index in [0.29, 0.717) is 0 Å². The molecule has 3 heteroatoms. The molecule has 3 nitrogen and oxygen atoms in total. The third kappa shape index (κ3) is 2.16. The molecule has 1 saturated heterocycles. The second-order valence-corrected chi connectivity index (χ2v) is 5.62. The van der Waals surface area contributed by atoms with E-state index in [-0.39, 0.29) is 11.6 Å². The molecule has 0 amide bonds. The minimum Gasteiger partial charge on any atom is -0.450 e. The molecule has 2 heterocycles. The van der Waals surface area contributed by atoms with E-state index in [2.05, 4.69) is 17.9 Å². The lowest BCUT2D eigenvalue weighted by atomic mass is 9.84. The molecule has 0 aromatic heterocycles. The number of carbonyl (C=O) groups is 1. The molecular weight excluding hydrogens is 238 g/mol. The number of rotatable bonds is 3. The number of ether oxygens (including phenoxy) is 1. The van der Waals surface area contributed by atoms with Gasteiger partial charge in [-0.15, -0.1) is 0 Å². The number of unbranched alkanes of at least 4 members (excludes halogenated alkanes) is 1. The zero-order valence-electron chi connectivity index (χ0n) is 11.5. The molecular formula is C16H21NO2. The lowest BCUT2D eigenvalue weighted by Gasteiger charge is -2.38. The van der Waals surface area contributed by atoms with E-state index in [1.54, 1.807) is 0 Å². The third-order valence-electron chi connectivity index (χ3n) is 4.42. The Hall–Kier alpha value is -1.35. The van der Waals surface area contributed by atoms with Crippen molar-refractivity contribution in [3.05, 3.63) is 35.4 Å². The first kappa shape index (κ1) is 12.7. The van der Waals surface area contributed by atoms with Crippen LogP contribution in [0.15, 0.2) is 24.3 Å². The molecule has 102 valence electrons. The number of fused-ring (bicyclic) bond motifs is 2. The molecule has 1 aromatic rings. The first-order valence-corrected chi connectivity index (χ1v) is 7.30. The molecule has 19 heavy (non-hydrogen) atoms. The highest BCUT2D eigenvalue weighted by Crippen LogP contribution is 2.43. The molecule has 0 saturated carbocycles. The lowest BCUT2D eigenvalue weighted by molar-refractivity contribution is -0.0429. The van der Waals surface area contributed by atoms with E-state index in [1.807, 2.05) is 18.2 Å². The minimum atomic E-state index is -0.337. The maximum Gasteiger partial charge on any atom is 0.339 e. The molecule has 2 aliphatic rings. The summed E-state index contributed by atoms with van der Waals surface area (Å²) in [6.45, 7) is 5.45. The van der Waals surface area contributed by atoms with E-state index in [1.165, 1.54) is 19.4 Å². The average molecular weight is 259 g/mol. The van der Waals surface area contributed by atoms with Crippen LogP contribution in [-0.2, 0) is 10.3 Å². The molecule has 0 aliphatic carbocycles. The van der Waals surface area contributed by atoms with Gasteiger partial charge >= 0.3 is 5.97 Å². The van der Waals surface area contributed by atoms with Crippen LogP contribution in [0.25, 0.3) is 0 Å². The molecule has 0 radical (unpaired) electrons. The van der Waals surface area contributed by atoms with Crippen LogP contribution >= 0.6 is 0 Å². The summed E-state index contributed by atoms with van der Waals surface area (Å²) < 4.78 is 5.75. The van der Waals surface area contributed by atoms with Gasteiger partial charge in [0.25, 0.3) is 0 Å². The molecule has 1 fully saturated rings. The van der Waals surface area contributed by atoms with Crippen molar-refractivity contribution in [2.75, 3.05) is 19.6 Å². The Morgan fingerprint density at radius 3 is 2.74 bits per heavy atom. The smallest absolute Gasteiger partial charge is 0.339 e. The van der Waals surface area contributed by atoms with Gasteiger partial charge in [0.2, 0.25) is 0 Å². The summed E-state index contributed by atoms with van der Waals surface area (Å²) in [4.78, 5) is 14.4. The molecule has 0 atom stereocenters. The largest absolute Gasteiger partial charge is 0.450 e. The van der Waals surface area contributed by atoms with E-state index in [0.717, 1.165) is 37.1 Å². The standard InChI is InChI=1S/C16H21NO2/c1-2-3-10-17-11-8-16(9-12-17)14-7-5-4-6-13(14)15(18)19-16/h4-7H,2-3,8-12H2,1H3. The van der Waals surface area contributed by atoms with Gasteiger partial charge in [-0.25, -0.2) is 4.79 Å². The Labute approximate surface area is 114 Å². The highest BCUT2D eigenvalue weighted by atomic mass is 16.6. The number of piperidine rings is 1. The summed E-state index contributed by atoms with van der Waals surface area (Å²) >= 11 is 0. The number of esters is 1. The summed E-state index contributed by atoms with van der Waals surface area (Å²) in [5.74, 6) is -0.141. The number of carbonyl (C=O) groups excluding carboxylic acids is 1. The second kappa shape index (κ2) is 4.97. The summed E-state index contributed by atoms with van der Waals surface area (Å²) in [5, 5.41) is 0. The van der Waals surface area contributed by atoms with Gasteiger partial charge in [-0.05, 0) is 19.0 Å². The van der Waals surface area contributed by atoms with Crippen LogP contribution in [0.2, 0.25) is 0 Å². The Balaban J connectivity index is 1.76. The zero-order valence-corrected chi connectivity index (χ0v) is 11.5. The summed E-state index contributed by atoms with van der Waals surface area (Å²) in [5.41, 5.74) is 1.54. The van der Waals surface area contributed by atoms with Gasteiger partial charge in [0.15, 0.2) is 0 Å². The second-order valence-electron chi connectivity index (χ2n) is 5.62. The molecule has 0 bridgehead atoms. The van der Waals surface area contributed by atoms with Gasteiger partial charge < -0.3 is 9.64 Å². The number of hydrogen-bond donors (Lipinski definition) is 0. The first-order chi connectivity index (χ1) is 9.25. The van der Waals surface area contributed by atoms with Crippen molar-refractivity contribution in [3.63, 3.8) is 0 Å². The summed E-state index contributed by atoms with van der Waals surface area (Å²) in [6, 6.07) is 7.86. The van der Waals surface area contributed by atoms with Crippen molar-refractivity contribution in [2.45, 2.75) is 38.2 Å². The van der Waals surface area contributed by atoms with Crippen LogP contribution in [0.3, 0.4) is 0 Å². The van der Waals surface area contributed by atoms with Crippen molar-refractivity contribution in [1.29, 1.82) is 0 Å². The van der Waals surface area contributed by atoms with Crippen molar-refractivity contribution in [3.8, 4) is 0 Å². The van der Waals surface area contributed by atoms with Gasteiger partial charge in [0.1, 0.15) is 5.60 Å². The van der Waals surface area contributed by atoms with Crippen molar-refractivity contribution in [2.24, 2.45) is 0 Å². The maximum absolute atomic E-state index is 12.0. The molecule has 1 aromatic carbocycles.